The standard InChI is InChI=1S/C38H53NO6Si/c1-10-18-32(28(3)24-26-42-35(41)29-19-14-12-15-20-29)39-34(40)27-31(45-46(8,9)37(4,5)6)23-25-38(7)33(11-2)43-36(44-38)30-21-16-13-17-22-30/h10-17,19-22,24,31-33,36H,1-2,18,23,25-27H2,3-9H3,(H,39,40)/t31?,32-,33-,36-,38+/m0/s1. The molecule has 2 aromatic rings. The van der Waals surface area contributed by atoms with Crippen molar-refractivity contribution in [3.05, 3.63) is 109 Å². The van der Waals surface area contributed by atoms with E-state index in [-0.39, 0.29) is 42.2 Å². The molecule has 1 saturated heterocycles. The monoisotopic (exact) mass is 647 g/mol. The van der Waals surface area contributed by atoms with Crippen molar-refractivity contribution in [2.75, 3.05) is 6.61 Å². The number of carbonyl (C=O) groups excluding carboxylic acids is 2. The van der Waals surface area contributed by atoms with E-state index < -0.39 is 26.2 Å². The first-order valence-corrected chi connectivity index (χ1v) is 19.1. The number of rotatable bonds is 16. The van der Waals surface area contributed by atoms with E-state index in [1.165, 1.54) is 0 Å². The van der Waals surface area contributed by atoms with Crippen LogP contribution in [0.25, 0.3) is 0 Å². The van der Waals surface area contributed by atoms with Gasteiger partial charge in [-0.05, 0) is 69.5 Å². The molecule has 1 fully saturated rings. The van der Waals surface area contributed by atoms with E-state index >= 15 is 0 Å². The first kappa shape index (κ1) is 37.2. The SMILES string of the molecule is C=CC[C@H](NC(=O)CC(CC[C@@]1(C)O[C@@H](c2ccccc2)O[C@H]1C=C)O[Si](C)(C)C(C)(C)C)C(C)=CCOC(=O)c1ccccc1. The van der Waals surface area contributed by atoms with Gasteiger partial charge in [-0.2, -0.15) is 0 Å². The Morgan fingerprint density at radius 1 is 1.07 bits per heavy atom. The molecule has 0 radical (unpaired) electrons. The Labute approximate surface area is 277 Å². The molecule has 8 heteroatoms. The van der Waals surface area contributed by atoms with Crippen molar-refractivity contribution in [3.8, 4) is 0 Å². The number of ether oxygens (including phenoxy) is 3. The highest BCUT2D eigenvalue weighted by atomic mass is 28.4. The van der Waals surface area contributed by atoms with E-state index in [9.17, 15) is 9.59 Å². The number of hydrogen-bond acceptors (Lipinski definition) is 6. The summed E-state index contributed by atoms with van der Waals surface area (Å²) >= 11 is 0. The van der Waals surface area contributed by atoms with E-state index in [1.807, 2.05) is 56.3 Å². The molecular weight excluding hydrogens is 595 g/mol. The van der Waals surface area contributed by atoms with Gasteiger partial charge in [0.25, 0.3) is 0 Å². The molecule has 0 aliphatic carbocycles. The number of carbonyl (C=O) groups is 2. The van der Waals surface area contributed by atoms with Crippen molar-refractivity contribution in [1.29, 1.82) is 0 Å². The molecule has 1 aliphatic rings. The molecule has 0 spiro atoms. The molecule has 0 aromatic heterocycles. The van der Waals surface area contributed by atoms with E-state index in [0.717, 1.165) is 11.1 Å². The van der Waals surface area contributed by atoms with Crippen LogP contribution in [0, 0.1) is 0 Å². The summed E-state index contributed by atoms with van der Waals surface area (Å²) in [6, 6.07) is 18.5. The maximum absolute atomic E-state index is 13.6. The van der Waals surface area contributed by atoms with Gasteiger partial charge in [0, 0.05) is 5.56 Å². The highest BCUT2D eigenvalue weighted by Gasteiger charge is 2.46. The molecule has 1 N–H and O–H groups in total. The van der Waals surface area contributed by atoms with Gasteiger partial charge >= 0.3 is 5.97 Å². The number of esters is 1. The van der Waals surface area contributed by atoms with E-state index in [0.29, 0.717) is 24.8 Å². The molecule has 5 atom stereocenters. The molecule has 7 nitrogen and oxygen atoms in total. The maximum atomic E-state index is 13.6. The summed E-state index contributed by atoms with van der Waals surface area (Å²) in [4.78, 5) is 25.9. The third-order valence-electron chi connectivity index (χ3n) is 9.09. The number of amides is 1. The van der Waals surface area contributed by atoms with Crippen molar-refractivity contribution in [1.82, 2.24) is 5.32 Å². The van der Waals surface area contributed by atoms with Crippen LogP contribution in [0.5, 0.6) is 0 Å². The lowest BCUT2D eigenvalue weighted by molar-refractivity contribution is -0.123. The Morgan fingerprint density at radius 3 is 2.28 bits per heavy atom. The second kappa shape index (κ2) is 16.5. The Kier molecular flexibility index (Phi) is 13.3. The zero-order valence-corrected chi connectivity index (χ0v) is 29.7. The summed E-state index contributed by atoms with van der Waals surface area (Å²) in [7, 11) is -2.21. The summed E-state index contributed by atoms with van der Waals surface area (Å²) in [5.41, 5.74) is 1.71. The largest absolute Gasteiger partial charge is 0.458 e. The van der Waals surface area contributed by atoms with Crippen LogP contribution in [0.4, 0.5) is 0 Å². The summed E-state index contributed by atoms with van der Waals surface area (Å²) in [5.74, 6) is -0.500. The van der Waals surface area contributed by atoms with Gasteiger partial charge in [0.05, 0.1) is 29.7 Å². The van der Waals surface area contributed by atoms with Gasteiger partial charge in [-0.1, -0.05) is 87.0 Å². The van der Waals surface area contributed by atoms with Crippen LogP contribution >= 0.6 is 0 Å². The summed E-state index contributed by atoms with van der Waals surface area (Å²) < 4.78 is 25.1. The van der Waals surface area contributed by atoms with Gasteiger partial charge in [0.2, 0.25) is 5.91 Å². The molecule has 1 amide bonds. The predicted octanol–water partition coefficient (Wildman–Crippen LogP) is 8.47. The summed E-state index contributed by atoms with van der Waals surface area (Å²) in [6.45, 7) is 23.0. The topological polar surface area (TPSA) is 83.1 Å². The minimum Gasteiger partial charge on any atom is -0.458 e. The molecular formula is C38H53NO6Si. The molecule has 0 saturated carbocycles. The summed E-state index contributed by atoms with van der Waals surface area (Å²) in [5, 5.41) is 3.15. The van der Waals surface area contributed by atoms with Crippen molar-refractivity contribution >= 4 is 20.2 Å². The Bertz CT molecular complexity index is 1340. The predicted molar refractivity (Wildman–Crippen MR) is 187 cm³/mol. The third-order valence-corrected chi connectivity index (χ3v) is 13.6. The van der Waals surface area contributed by atoms with Crippen LogP contribution in [0.1, 0.15) is 82.5 Å². The zero-order valence-electron chi connectivity index (χ0n) is 28.7. The van der Waals surface area contributed by atoms with Crippen LogP contribution in [0.15, 0.2) is 97.6 Å². The van der Waals surface area contributed by atoms with Gasteiger partial charge < -0.3 is 24.0 Å². The lowest BCUT2D eigenvalue weighted by atomic mass is 9.91. The van der Waals surface area contributed by atoms with Crippen molar-refractivity contribution in [2.24, 2.45) is 0 Å². The number of hydrogen-bond donors (Lipinski definition) is 1. The smallest absolute Gasteiger partial charge is 0.338 e. The molecule has 0 bridgehead atoms. The fourth-order valence-corrected chi connectivity index (χ4v) is 6.55. The van der Waals surface area contributed by atoms with Crippen molar-refractivity contribution < 1.29 is 28.2 Å². The number of benzene rings is 2. The molecule has 46 heavy (non-hydrogen) atoms. The van der Waals surface area contributed by atoms with Gasteiger partial charge in [-0.3, -0.25) is 4.79 Å². The van der Waals surface area contributed by atoms with Crippen LogP contribution in [0.2, 0.25) is 18.1 Å². The summed E-state index contributed by atoms with van der Waals surface area (Å²) in [6.07, 6.45) is 6.28. The fourth-order valence-electron chi connectivity index (χ4n) is 5.16. The van der Waals surface area contributed by atoms with Crippen molar-refractivity contribution in [3.63, 3.8) is 0 Å². The minimum absolute atomic E-state index is 0.0253. The molecule has 3 rings (SSSR count). The molecule has 1 unspecified atom stereocenters. The molecule has 2 aromatic carbocycles. The molecule has 1 aliphatic heterocycles. The van der Waals surface area contributed by atoms with Crippen LogP contribution in [0.3, 0.4) is 0 Å². The maximum Gasteiger partial charge on any atom is 0.338 e. The average Bonchev–Trinajstić information content (AvgIpc) is 3.36. The van der Waals surface area contributed by atoms with Gasteiger partial charge in [-0.25, -0.2) is 4.79 Å². The van der Waals surface area contributed by atoms with Crippen LogP contribution in [-0.2, 0) is 23.4 Å². The third kappa shape index (κ3) is 10.4. The van der Waals surface area contributed by atoms with Crippen molar-refractivity contribution in [2.45, 2.75) is 109 Å². The fraction of sp³-hybridized carbons (Fsp3) is 0.474. The Hall–Kier alpha value is -3.30. The lowest BCUT2D eigenvalue weighted by Crippen LogP contribution is -2.46. The van der Waals surface area contributed by atoms with E-state index in [1.54, 1.807) is 36.4 Å². The molecule has 1 heterocycles. The molecule has 250 valence electrons. The quantitative estimate of drug-likeness (QED) is 0.112. The van der Waals surface area contributed by atoms with E-state index in [4.69, 9.17) is 18.6 Å². The van der Waals surface area contributed by atoms with Crippen LogP contribution in [-0.4, -0.2) is 50.7 Å². The first-order chi connectivity index (χ1) is 21.7. The second-order valence-corrected chi connectivity index (χ2v) is 18.5. The highest BCUT2D eigenvalue weighted by molar-refractivity contribution is 6.74. The normalized spacial score (nSPS) is 21.7. The second-order valence-electron chi connectivity index (χ2n) is 13.8. The minimum atomic E-state index is -2.21. The van der Waals surface area contributed by atoms with Crippen LogP contribution < -0.4 is 5.32 Å². The van der Waals surface area contributed by atoms with Gasteiger partial charge in [0.15, 0.2) is 14.6 Å². The van der Waals surface area contributed by atoms with Gasteiger partial charge in [-0.15, -0.1) is 13.2 Å². The first-order valence-electron chi connectivity index (χ1n) is 16.2. The Balaban J connectivity index is 1.70. The lowest BCUT2D eigenvalue weighted by Gasteiger charge is -2.40. The number of nitrogens with one attached hydrogen (secondary N) is 1. The Morgan fingerprint density at radius 2 is 1.70 bits per heavy atom. The van der Waals surface area contributed by atoms with Gasteiger partial charge in [0.1, 0.15) is 12.7 Å². The zero-order chi connectivity index (χ0) is 34.0. The van der Waals surface area contributed by atoms with E-state index in [2.05, 4.69) is 52.3 Å². The highest BCUT2D eigenvalue weighted by Crippen LogP contribution is 2.43. The average molecular weight is 648 g/mol.